The third kappa shape index (κ3) is 0.976. The number of hydrogen-bond donors (Lipinski definition) is 0. The van der Waals surface area contributed by atoms with Gasteiger partial charge in [-0.15, -0.1) is 0 Å². The van der Waals surface area contributed by atoms with Crippen molar-refractivity contribution in [2.45, 2.75) is 9.79 Å². The highest BCUT2D eigenvalue weighted by atomic mass is 32.2. The molecule has 1 aliphatic heterocycles. The van der Waals surface area contributed by atoms with Gasteiger partial charge in [-0.25, -0.2) is 0 Å². The van der Waals surface area contributed by atoms with Crippen molar-refractivity contribution in [2.75, 3.05) is 0 Å². The van der Waals surface area contributed by atoms with Gasteiger partial charge in [0.25, 0.3) is 0 Å². The Morgan fingerprint density at radius 3 is 2.00 bits per heavy atom. The average molecular weight is 166 g/mol. The number of rotatable bonds is 0. The van der Waals surface area contributed by atoms with E-state index in [2.05, 4.69) is 30.8 Å². The van der Waals surface area contributed by atoms with Gasteiger partial charge in [0.1, 0.15) is 0 Å². The second-order valence-corrected chi connectivity index (χ2v) is 4.55. The van der Waals surface area contributed by atoms with Crippen LogP contribution in [0.25, 0.3) is 0 Å². The summed E-state index contributed by atoms with van der Waals surface area (Å²) in [5.74, 6) is 0. The van der Waals surface area contributed by atoms with Crippen LogP contribution < -0.4 is 0 Å². The van der Waals surface area contributed by atoms with E-state index >= 15 is 0 Å². The highest BCUT2D eigenvalue weighted by molar-refractivity contribution is 8.24. The van der Waals surface area contributed by atoms with Crippen molar-refractivity contribution in [2.24, 2.45) is 0 Å². The van der Waals surface area contributed by atoms with E-state index in [1.807, 2.05) is 0 Å². The zero-order chi connectivity index (χ0) is 6.97. The van der Waals surface area contributed by atoms with Gasteiger partial charge in [0.15, 0.2) is 0 Å². The molecule has 0 saturated heterocycles. The molecule has 1 aromatic rings. The highest BCUT2D eigenvalue weighted by Crippen LogP contribution is 2.49. The Morgan fingerprint density at radius 1 is 1.00 bits per heavy atom. The van der Waals surface area contributed by atoms with E-state index in [1.54, 1.807) is 23.5 Å². The minimum atomic E-state index is 1.18. The predicted octanol–water partition coefficient (Wildman–Crippen LogP) is 3.36. The zero-order valence-corrected chi connectivity index (χ0v) is 6.97. The Labute approximate surface area is 68.7 Å². The van der Waals surface area contributed by atoms with Crippen LogP contribution in [-0.4, -0.2) is 0 Å². The average Bonchev–Trinajstić information content (AvgIpc) is 2.27. The maximum atomic E-state index is 3.89. The molecule has 0 saturated carbocycles. The van der Waals surface area contributed by atoms with Crippen LogP contribution in [0.5, 0.6) is 0 Å². The maximum Gasteiger partial charge on any atom is 0.0427 e. The van der Waals surface area contributed by atoms with E-state index in [1.165, 1.54) is 14.0 Å². The molecule has 0 atom stereocenters. The summed E-state index contributed by atoms with van der Waals surface area (Å²) in [6.45, 7) is 3.89. The zero-order valence-electron chi connectivity index (χ0n) is 5.33. The molecule has 0 bridgehead atoms. The molecule has 0 amide bonds. The Morgan fingerprint density at radius 2 is 1.50 bits per heavy atom. The first-order valence-electron chi connectivity index (χ1n) is 3.00. The summed E-state index contributed by atoms with van der Waals surface area (Å²) in [4.78, 5) is 2.69. The second kappa shape index (κ2) is 2.36. The van der Waals surface area contributed by atoms with E-state index in [0.717, 1.165) is 0 Å². The lowest BCUT2D eigenvalue weighted by Crippen LogP contribution is -1.65. The van der Waals surface area contributed by atoms with Gasteiger partial charge in [0, 0.05) is 14.0 Å². The van der Waals surface area contributed by atoms with Gasteiger partial charge < -0.3 is 0 Å². The summed E-state index contributed by atoms with van der Waals surface area (Å²) in [7, 11) is 0. The normalized spacial score (nSPS) is 15.4. The SMILES string of the molecule is C=C1Sc2ccccc2S1. The quantitative estimate of drug-likeness (QED) is 0.579. The van der Waals surface area contributed by atoms with Gasteiger partial charge in [-0.3, -0.25) is 0 Å². The van der Waals surface area contributed by atoms with E-state index < -0.39 is 0 Å². The molecule has 50 valence electrons. The molecule has 10 heavy (non-hydrogen) atoms. The monoisotopic (exact) mass is 166 g/mol. The fraction of sp³-hybridized carbons (Fsp3) is 0. The summed E-state index contributed by atoms with van der Waals surface area (Å²) in [5.41, 5.74) is 0. The first-order chi connectivity index (χ1) is 4.86. The molecule has 0 aliphatic carbocycles. The molecule has 0 spiro atoms. The van der Waals surface area contributed by atoms with Gasteiger partial charge in [-0.2, -0.15) is 0 Å². The molecule has 0 fully saturated rings. The van der Waals surface area contributed by atoms with Crippen molar-refractivity contribution in [1.82, 2.24) is 0 Å². The van der Waals surface area contributed by atoms with Crippen LogP contribution in [0.1, 0.15) is 0 Å². The fourth-order valence-electron chi connectivity index (χ4n) is 0.885. The summed E-state index contributed by atoms with van der Waals surface area (Å²) >= 11 is 3.52. The topological polar surface area (TPSA) is 0 Å². The van der Waals surface area contributed by atoms with E-state index in [0.29, 0.717) is 0 Å². The van der Waals surface area contributed by atoms with Gasteiger partial charge in [0.05, 0.1) is 0 Å². The fourth-order valence-corrected chi connectivity index (χ4v) is 2.96. The molecule has 2 heteroatoms. The van der Waals surface area contributed by atoms with Crippen molar-refractivity contribution in [3.05, 3.63) is 35.1 Å². The van der Waals surface area contributed by atoms with Crippen LogP contribution in [0.2, 0.25) is 0 Å². The molecule has 2 rings (SSSR count). The van der Waals surface area contributed by atoms with Crippen molar-refractivity contribution in [3.63, 3.8) is 0 Å². The number of hydrogen-bond acceptors (Lipinski definition) is 2. The summed E-state index contributed by atoms with van der Waals surface area (Å²) in [5, 5.41) is 0. The van der Waals surface area contributed by atoms with Crippen LogP contribution in [0.3, 0.4) is 0 Å². The van der Waals surface area contributed by atoms with Gasteiger partial charge in [-0.1, -0.05) is 42.2 Å². The van der Waals surface area contributed by atoms with Crippen LogP contribution in [0.15, 0.2) is 44.9 Å². The van der Waals surface area contributed by atoms with E-state index in [4.69, 9.17) is 0 Å². The predicted molar refractivity (Wildman–Crippen MR) is 47.3 cm³/mol. The molecule has 0 N–H and O–H groups in total. The Kier molecular flexibility index (Phi) is 1.51. The molecule has 0 radical (unpaired) electrons. The van der Waals surface area contributed by atoms with Crippen LogP contribution in [0.4, 0.5) is 0 Å². The standard InChI is InChI=1S/C8H6S2/c1-6-9-7-4-2-3-5-8(7)10-6/h2-5H,1H2. The first-order valence-corrected chi connectivity index (χ1v) is 4.63. The van der Waals surface area contributed by atoms with Crippen molar-refractivity contribution >= 4 is 23.5 Å². The summed E-state index contributed by atoms with van der Waals surface area (Å²) in [6, 6.07) is 8.38. The maximum absolute atomic E-state index is 3.89. The second-order valence-electron chi connectivity index (χ2n) is 2.02. The van der Waals surface area contributed by atoms with Crippen LogP contribution >= 0.6 is 23.5 Å². The smallest absolute Gasteiger partial charge is 0.0427 e. The molecule has 1 aliphatic rings. The third-order valence-electron chi connectivity index (χ3n) is 1.30. The Balaban J connectivity index is 2.51. The minimum Gasteiger partial charge on any atom is -0.0822 e. The van der Waals surface area contributed by atoms with Crippen LogP contribution in [0, 0.1) is 0 Å². The lowest BCUT2D eigenvalue weighted by atomic mass is 10.4. The largest absolute Gasteiger partial charge is 0.0822 e. The molecule has 1 heterocycles. The molecule has 0 aromatic heterocycles. The highest BCUT2D eigenvalue weighted by Gasteiger charge is 2.13. The van der Waals surface area contributed by atoms with Crippen molar-refractivity contribution in [1.29, 1.82) is 0 Å². The molecule has 0 unspecified atom stereocenters. The van der Waals surface area contributed by atoms with Gasteiger partial charge >= 0.3 is 0 Å². The summed E-state index contributed by atoms with van der Waals surface area (Å²) < 4.78 is 1.18. The van der Waals surface area contributed by atoms with Crippen molar-refractivity contribution in [3.8, 4) is 0 Å². The minimum absolute atomic E-state index is 1.18. The number of benzene rings is 1. The van der Waals surface area contributed by atoms with Crippen LogP contribution in [-0.2, 0) is 0 Å². The first kappa shape index (κ1) is 6.38. The van der Waals surface area contributed by atoms with E-state index in [-0.39, 0.29) is 0 Å². The van der Waals surface area contributed by atoms with Crippen molar-refractivity contribution < 1.29 is 0 Å². The van der Waals surface area contributed by atoms with E-state index in [9.17, 15) is 0 Å². The lowest BCUT2D eigenvalue weighted by molar-refractivity contribution is 1.27. The number of thioether (sulfide) groups is 2. The van der Waals surface area contributed by atoms with Gasteiger partial charge in [-0.05, 0) is 12.1 Å². The lowest BCUT2D eigenvalue weighted by Gasteiger charge is -1.90. The Hall–Kier alpha value is -0.340. The van der Waals surface area contributed by atoms with Gasteiger partial charge in [0.2, 0.25) is 0 Å². The molecular weight excluding hydrogens is 160 g/mol. The summed E-state index contributed by atoms with van der Waals surface area (Å²) in [6.07, 6.45) is 0. The molecular formula is C8H6S2. The molecule has 0 nitrogen and oxygen atoms in total. The third-order valence-corrected chi connectivity index (χ3v) is 3.53. The number of fused-ring (bicyclic) bond motifs is 1. The Bertz CT molecular complexity index is 251. The molecule has 1 aromatic carbocycles.